The van der Waals surface area contributed by atoms with Crippen LogP contribution >= 0.6 is 28.1 Å². The molecule has 7 nitrogen and oxygen atoms in total. The number of benzene rings is 3. The molecule has 0 atom stereocenters. The van der Waals surface area contributed by atoms with Crippen molar-refractivity contribution in [3.8, 4) is 11.5 Å². The topological polar surface area (TPSA) is 88.7 Å². The van der Waals surface area contributed by atoms with Crippen molar-refractivity contribution in [1.29, 1.82) is 0 Å². The third kappa shape index (κ3) is 8.70. The van der Waals surface area contributed by atoms with Gasteiger partial charge in [-0.2, -0.15) is 0 Å². The molecule has 0 radical (unpaired) electrons. The van der Waals surface area contributed by atoms with Gasteiger partial charge in [-0.3, -0.25) is 25.8 Å². The van der Waals surface area contributed by atoms with Crippen LogP contribution in [0.4, 0.5) is 0 Å². The molecule has 0 aliphatic carbocycles. The summed E-state index contributed by atoms with van der Waals surface area (Å²) < 4.78 is 11.9. The lowest BCUT2D eigenvalue weighted by Crippen LogP contribution is -2.49. The molecule has 0 saturated heterocycles. The van der Waals surface area contributed by atoms with Gasteiger partial charge in [-0.05, 0) is 76.0 Å². The predicted molar refractivity (Wildman–Crippen MR) is 142 cm³/mol. The Bertz CT molecular complexity index is 1160. The zero-order valence-corrected chi connectivity index (χ0v) is 21.6. The van der Waals surface area contributed by atoms with Gasteiger partial charge in [-0.25, -0.2) is 0 Å². The molecule has 35 heavy (non-hydrogen) atoms. The van der Waals surface area contributed by atoms with E-state index in [1.54, 1.807) is 18.2 Å². The highest BCUT2D eigenvalue weighted by Crippen LogP contribution is 2.26. The fourth-order valence-electron chi connectivity index (χ4n) is 3.02. The van der Waals surface area contributed by atoms with Crippen molar-refractivity contribution in [2.45, 2.75) is 19.8 Å². The standard InChI is InChI=1S/C26H26BrN3O4S/c1-2-18-8-11-21(12-9-18)34-17-24(31)29-30-26(35)28-25(32)20-10-13-23(22(27)16-20)33-15-14-19-6-4-3-5-7-19/h3-13,16H,2,14-15,17H2,1H3,(H,29,31)(H2,28,30,32,35). The van der Waals surface area contributed by atoms with E-state index < -0.39 is 11.8 Å². The van der Waals surface area contributed by atoms with E-state index in [9.17, 15) is 9.59 Å². The highest BCUT2D eigenvalue weighted by atomic mass is 79.9. The summed E-state index contributed by atoms with van der Waals surface area (Å²) in [6.45, 7) is 2.37. The van der Waals surface area contributed by atoms with E-state index in [1.807, 2.05) is 54.6 Å². The summed E-state index contributed by atoms with van der Waals surface area (Å²) in [6, 6.07) is 22.5. The van der Waals surface area contributed by atoms with E-state index in [-0.39, 0.29) is 11.7 Å². The van der Waals surface area contributed by atoms with Crippen LogP contribution < -0.4 is 25.6 Å². The Morgan fingerprint density at radius 1 is 0.914 bits per heavy atom. The number of rotatable bonds is 9. The summed E-state index contributed by atoms with van der Waals surface area (Å²) in [5.74, 6) is 0.350. The summed E-state index contributed by atoms with van der Waals surface area (Å²) in [7, 11) is 0. The first-order valence-electron chi connectivity index (χ1n) is 11.0. The lowest BCUT2D eigenvalue weighted by Gasteiger charge is -2.12. The Morgan fingerprint density at radius 2 is 1.66 bits per heavy atom. The smallest absolute Gasteiger partial charge is 0.276 e. The van der Waals surface area contributed by atoms with Gasteiger partial charge in [0, 0.05) is 12.0 Å². The molecule has 3 aromatic rings. The molecule has 0 saturated carbocycles. The first-order valence-corrected chi connectivity index (χ1v) is 12.2. The van der Waals surface area contributed by atoms with Gasteiger partial charge < -0.3 is 9.47 Å². The maximum atomic E-state index is 12.5. The summed E-state index contributed by atoms with van der Waals surface area (Å²) in [6.07, 6.45) is 1.70. The quantitative estimate of drug-likeness (QED) is 0.269. The van der Waals surface area contributed by atoms with Crippen LogP contribution in [0.2, 0.25) is 0 Å². The fourth-order valence-corrected chi connectivity index (χ4v) is 3.66. The molecule has 0 aromatic heterocycles. The average Bonchev–Trinajstić information content (AvgIpc) is 2.88. The monoisotopic (exact) mass is 555 g/mol. The second-order valence-corrected chi connectivity index (χ2v) is 8.73. The van der Waals surface area contributed by atoms with Gasteiger partial charge in [0.15, 0.2) is 11.7 Å². The number of ether oxygens (including phenoxy) is 2. The SMILES string of the molecule is CCc1ccc(OCC(=O)NNC(=S)NC(=O)c2ccc(OCCc3ccccc3)c(Br)c2)cc1. The van der Waals surface area contributed by atoms with Crippen LogP contribution in [0.5, 0.6) is 11.5 Å². The summed E-state index contributed by atoms with van der Waals surface area (Å²) in [4.78, 5) is 24.5. The summed E-state index contributed by atoms with van der Waals surface area (Å²) >= 11 is 8.52. The van der Waals surface area contributed by atoms with E-state index >= 15 is 0 Å². The van der Waals surface area contributed by atoms with E-state index in [0.717, 1.165) is 12.8 Å². The molecule has 3 aromatic carbocycles. The van der Waals surface area contributed by atoms with E-state index in [0.29, 0.717) is 28.1 Å². The number of carbonyl (C=O) groups is 2. The molecule has 2 amide bonds. The Hall–Kier alpha value is -3.43. The molecule has 0 bridgehead atoms. The van der Waals surface area contributed by atoms with E-state index in [1.165, 1.54) is 11.1 Å². The van der Waals surface area contributed by atoms with Crippen LogP contribution in [0.1, 0.15) is 28.4 Å². The molecule has 0 spiro atoms. The van der Waals surface area contributed by atoms with Crippen molar-refractivity contribution in [1.82, 2.24) is 16.2 Å². The zero-order chi connectivity index (χ0) is 25.0. The van der Waals surface area contributed by atoms with Crippen LogP contribution in [-0.2, 0) is 17.6 Å². The molecule has 0 aliphatic heterocycles. The lowest BCUT2D eigenvalue weighted by atomic mass is 10.2. The Balaban J connectivity index is 1.39. The van der Waals surface area contributed by atoms with Crippen molar-refractivity contribution in [2.75, 3.05) is 13.2 Å². The number of nitrogens with one attached hydrogen (secondary N) is 3. The molecule has 0 unspecified atom stereocenters. The minimum atomic E-state index is -0.444. The van der Waals surface area contributed by atoms with Crippen LogP contribution in [0.3, 0.4) is 0 Å². The second-order valence-electron chi connectivity index (χ2n) is 7.47. The van der Waals surface area contributed by atoms with Crippen LogP contribution in [0.15, 0.2) is 77.3 Å². The Morgan fingerprint density at radius 3 is 2.34 bits per heavy atom. The molecule has 182 valence electrons. The first-order chi connectivity index (χ1) is 16.9. The van der Waals surface area contributed by atoms with Gasteiger partial charge in [0.2, 0.25) is 0 Å². The number of amides is 2. The molecule has 0 aliphatic rings. The summed E-state index contributed by atoms with van der Waals surface area (Å²) in [5.41, 5.74) is 7.62. The Kier molecular flexibility index (Phi) is 10.1. The zero-order valence-electron chi connectivity index (χ0n) is 19.2. The molecule has 3 rings (SSSR count). The number of halogens is 1. The lowest BCUT2D eigenvalue weighted by molar-refractivity contribution is -0.123. The van der Waals surface area contributed by atoms with Gasteiger partial charge in [0.25, 0.3) is 11.8 Å². The van der Waals surface area contributed by atoms with Gasteiger partial charge in [0.05, 0.1) is 11.1 Å². The highest BCUT2D eigenvalue weighted by Gasteiger charge is 2.12. The molecule has 0 heterocycles. The van der Waals surface area contributed by atoms with Crippen molar-refractivity contribution in [3.63, 3.8) is 0 Å². The van der Waals surface area contributed by atoms with E-state index in [4.69, 9.17) is 21.7 Å². The van der Waals surface area contributed by atoms with Crippen molar-refractivity contribution < 1.29 is 19.1 Å². The molecule has 0 fully saturated rings. The molecular weight excluding hydrogens is 530 g/mol. The second kappa shape index (κ2) is 13.5. The minimum absolute atomic E-state index is 0.0463. The van der Waals surface area contributed by atoms with Gasteiger partial charge >= 0.3 is 0 Å². The number of carbonyl (C=O) groups excluding carboxylic acids is 2. The van der Waals surface area contributed by atoms with Crippen molar-refractivity contribution in [3.05, 3.63) is 94.0 Å². The summed E-state index contributed by atoms with van der Waals surface area (Å²) in [5, 5.41) is 2.47. The number of aryl methyl sites for hydroxylation is 1. The largest absolute Gasteiger partial charge is 0.492 e. The Labute approximate surface area is 218 Å². The van der Waals surface area contributed by atoms with Crippen molar-refractivity contribution in [2.24, 2.45) is 0 Å². The number of hydrogen-bond acceptors (Lipinski definition) is 5. The maximum Gasteiger partial charge on any atom is 0.276 e. The first kappa shape index (κ1) is 26.2. The normalized spacial score (nSPS) is 10.2. The number of hydrogen-bond donors (Lipinski definition) is 3. The van der Waals surface area contributed by atoms with Gasteiger partial charge in [0.1, 0.15) is 11.5 Å². The third-order valence-corrected chi connectivity index (χ3v) is 5.75. The van der Waals surface area contributed by atoms with Gasteiger partial charge in [-0.1, -0.05) is 49.4 Å². The molecular formula is C26H26BrN3O4S. The number of thiocarbonyl (C=S) groups is 1. The van der Waals surface area contributed by atoms with Crippen LogP contribution in [-0.4, -0.2) is 30.1 Å². The fraction of sp³-hybridized carbons (Fsp3) is 0.192. The number of hydrazine groups is 1. The predicted octanol–water partition coefficient (Wildman–Crippen LogP) is 4.35. The van der Waals surface area contributed by atoms with Crippen LogP contribution in [0, 0.1) is 0 Å². The average molecular weight is 556 g/mol. The van der Waals surface area contributed by atoms with Gasteiger partial charge in [-0.15, -0.1) is 0 Å². The molecule has 9 heteroatoms. The maximum absolute atomic E-state index is 12.5. The van der Waals surface area contributed by atoms with E-state index in [2.05, 4.69) is 39.0 Å². The highest BCUT2D eigenvalue weighted by molar-refractivity contribution is 9.10. The van der Waals surface area contributed by atoms with Crippen LogP contribution in [0.25, 0.3) is 0 Å². The minimum Gasteiger partial charge on any atom is -0.492 e. The third-order valence-electron chi connectivity index (χ3n) is 4.93. The molecule has 3 N–H and O–H groups in total. The van der Waals surface area contributed by atoms with Crippen molar-refractivity contribution >= 4 is 45.1 Å².